The zero-order chi connectivity index (χ0) is 16.6. The van der Waals surface area contributed by atoms with Crippen LogP contribution in [0, 0.1) is 10.1 Å². The first kappa shape index (κ1) is 14.6. The second-order valence-corrected chi connectivity index (χ2v) is 4.81. The molecule has 0 bridgehead atoms. The van der Waals surface area contributed by atoms with Crippen molar-refractivity contribution in [1.29, 1.82) is 0 Å². The lowest BCUT2D eigenvalue weighted by Crippen LogP contribution is -1.98. The van der Waals surface area contributed by atoms with E-state index < -0.39 is 10.7 Å². The van der Waals surface area contributed by atoms with E-state index in [1.54, 1.807) is 0 Å². The predicted octanol–water partition coefficient (Wildman–Crippen LogP) is 2.93. The molecule has 0 spiro atoms. The van der Waals surface area contributed by atoms with Gasteiger partial charge in [-0.05, 0) is 23.8 Å². The summed E-state index contributed by atoms with van der Waals surface area (Å²) in [6.45, 7) is 0. The number of ether oxygens (including phenoxy) is 2. The van der Waals surface area contributed by atoms with E-state index in [1.165, 1.54) is 49.6 Å². The molecule has 0 unspecified atom stereocenters. The molecule has 0 radical (unpaired) electrons. The van der Waals surface area contributed by atoms with Crippen molar-refractivity contribution in [3.05, 3.63) is 63.4 Å². The maximum atomic E-state index is 12.3. The van der Waals surface area contributed by atoms with E-state index in [4.69, 9.17) is 9.47 Å². The van der Waals surface area contributed by atoms with Gasteiger partial charge in [0.25, 0.3) is 5.69 Å². The SMILES string of the molecule is COc1cc(O)c2c(c1)O/C(=C/c1ccc([N+](=O)[O-])cc1)C2=O. The highest BCUT2D eigenvalue weighted by atomic mass is 16.6. The second kappa shape index (κ2) is 5.45. The van der Waals surface area contributed by atoms with Crippen LogP contribution in [0.1, 0.15) is 15.9 Å². The molecule has 0 amide bonds. The van der Waals surface area contributed by atoms with Gasteiger partial charge >= 0.3 is 0 Å². The number of hydrogen-bond acceptors (Lipinski definition) is 6. The fraction of sp³-hybridized carbons (Fsp3) is 0.0625. The number of Topliss-reactive ketones (excluding diaryl/α,β-unsaturated/α-hetero) is 1. The van der Waals surface area contributed by atoms with Gasteiger partial charge in [-0.15, -0.1) is 0 Å². The third-order valence-corrected chi connectivity index (χ3v) is 3.36. The number of allylic oxidation sites excluding steroid dienone is 1. The fourth-order valence-corrected chi connectivity index (χ4v) is 2.23. The smallest absolute Gasteiger partial charge is 0.269 e. The predicted molar refractivity (Wildman–Crippen MR) is 80.7 cm³/mol. The van der Waals surface area contributed by atoms with Gasteiger partial charge in [0.1, 0.15) is 22.8 Å². The molecule has 7 nitrogen and oxygen atoms in total. The van der Waals surface area contributed by atoms with Crippen LogP contribution in [0.3, 0.4) is 0 Å². The number of aromatic hydroxyl groups is 1. The molecule has 0 saturated carbocycles. The number of rotatable bonds is 3. The number of fused-ring (bicyclic) bond motifs is 1. The zero-order valence-electron chi connectivity index (χ0n) is 12.0. The molecule has 0 aromatic heterocycles. The molecular formula is C16H11NO6. The number of carbonyl (C=O) groups excluding carboxylic acids is 1. The maximum absolute atomic E-state index is 12.3. The summed E-state index contributed by atoms with van der Waals surface area (Å²) in [5.41, 5.74) is 0.591. The normalized spacial score (nSPS) is 14.5. The molecule has 3 rings (SSSR count). The van der Waals surface area contributed by atoms with Gasteiger partial charge in [0.2, 0.25) is 5.78 Å². The van der Waals surface area contributed by atoms with Gasteiger partial charge < -0.3 is 14.6 Å². The summed E-state index contributed by atoms with van der Waals surface area (Å²) >= 11 is 0. The summed E-state index contributed by atoms with van der Waals surface area (Å²) in [6, 6.07) is 8.51. The van der Waals surface area contributed by atoms with Crippen molar-refractivity contribution >= 4 is 17.5 Å². The molecule has 116 valence electrons. The van der Waals surface area contributed by atoms with Gasteiger partial charge in [-0.25, -0.2) is 0 Å². The number of phenols is 1. The number of carbonyl (C=O) groups is 1. The maximum Gasteiger partial charge on any atom is 0.269 e. The summed E-state index contributed by atoms with van der Waals surface area (Å²) < 4.78 is 10.5. The number of phenolic OH excluding ortho intramolecular Hbond substituents is 1. The summed E-state index contributed by atoms with van der Waals surface area (Å²) in [7, 11) is 1.44. The third kappa shape index (κ3) is 2.59. The number of nitrogens with zero attached hydrogens (tertiary/aromatic N) is 1. The molecule has 1 aliphatic heterocycles. The lowest BCUT2D eigenvalue weighted by Gasteiger charge is -2.03. The minimum absolute atomic E-state index is 0.0254. The fourth-order valence-electron chi connectivity index (χ4n) is 2.23. The minimum atomic E-state index is -0.506. The molecule has 0 fully saturated rings. The monoisotopic (exact) mass is 313 g/mol. The largest absolute Gasteiger partial charge is 0.507 e. The van der Waals surface area contributed by atoms with Crippen molar-refractivity contribution in [2.24, 2.45) is 0 Å². The van der Waals surface area contributed by atoms with Crippen molar-refractivity contribution in [2.75, 3.05) is 7.11 Å². The van der Waals surface area contributed by atoms with E-state index in [0.717, 1.165) is 0 Å². The van der Waals surface area contributed by atoms with Crippen molar-refractivity contribution < 1.29 is 24.3 Å². The number of methoxy groups -OCH3 is 1. The van der Waals surface area contributed by atoms with Crippen LogP contribution >= 0.6 is 0 Å². The first-order chi connectivity index (χ1) is 11.0. The Hall–Kier alpha value is -3.35. The first-order valence-electron chi connectivity index (χ1n) is 6.59. The highest BCUT2D eigenvalue weighted by Gasteiger charge is 2.31. The van der Waals surface area contributed by atoms with Crippen LogP contribution in [0.2, 0.25) is 0 Å². The van der Waals surface area contributed by atoms with Crippen LogP contribution in [0.15, 0.2) is 42.2 Å². The van der Waals surface area contributed by atoms with Crippen molar-refractivity contribution in [3.63, 3.8) is 0 Å². The Bertz CT molecular complexity index is 838. The standard InChI is InChI=1S/C16H11NO6/c1-22-11-7-12(18)15-13(8-11)23-14(16(15)19)6-9-2-4-10(5-3-9)17(20)21/h2-8,18H,1H3/b14-6+. The second-order valence-electron chi connectivity index (χ2n) is 4.81. The zero-order valence-corrected chi connectivity index (χ0v) is 12.0. The molecular weight excluding hydrogens is 302 g/mol. The number of benzene rings is 2. The van der Waals surface area contributed by atoms with E-state index in [-0.39, 0.29) is 28.5 Å². The number of non-ortho nitro benzene ring substituents is 1. The van der Waals surface area contributed by atoms with Crippen LogP contribution in [0.25, 0.3) is 6.08 Å². The van der Waals surface area contributed by atoms with Gasteiger partial charge in [0.15, 0.2) is 5.76 Å². The van der Waals surface area contributed by atoms with Crippen LogP contribution in [-0.4, -0.2) is 22.9 Å². The first-order valence-corrected chi connectivity index (χ1v) is 6.59. The molecule has 7 heteroatoms. The van der Waals surface area contributed by atoms with Crippen LogP contribution in [0.5, 0.6) is 17.2 Å². The van der Waals surface area contributed by atoms with E-state index in [0.29, 0.717) is 11.3 Å². The van der Waals surface area contributed by atoms with Gasteiger partial charge in [-0.2, -0.15) is 0 Å². The Kier molecular flexibility index (Phi) is 3.46. The topological polar surface area (TPSA) is 98.9 Å². The van der Waals surface area contributed by atoms with Gasteiger partial charge in [0.05, 0.1) is 12.0 Å². The van der Waals surface area contributed by atoms with E-state index in [9.17, 15) is 20.0 Å². The summed E-state index contributed by atoms with van der Waals surface area (Å²) in [5, 5.41) is 20.5. The quantitative estimate of drug-likeness (QED) is 0.531. The van der Waals surface area contributed by atoms with Crippen LogP contribution in [0.4, 0.5) is 5.69 Å². The van der Waals surface area contributed by atoms with Crippen LogP contribution in [-0.2, 0) is 0 Å². The molecule has 0 saturated heterocycles. The Morgan fingerprint density at radius 1 is 1.26 bits per heavy atom. The van der Waals surface area contributed by atoms with Crippen molar-refractivity contribution in [3.8, 4) is 17.2 Å². The molecule has 0 aliphatic carbocycles. The molecule has 2 aromatic carbocycles. The molecule has 23 heavy (non-hydrogen) atoms. The summed E-state index contributed by atoms with van der Waals surface area (Å²) in [4.78, 5) is 22.4. The Balaban J connectivity index is 1.95. The number of nitro benzene ring substituents is 1. The number of nitro groups is 1. The number of ketones is 1. The Labute approximate surface area is 130 Å². The third-order valence-electron chi connectivity index (χ3n) is 3.36. The lowest BCUT2D eigenvalue weighted by atomic mass is 10.1. The van der Waals surface area contributed by atoms with Gasteiger partial charge in [-0.3, -0.25) is 14.9 Å². The Morgan fingerprint density at radius 2 is 1.96 bits per heavy atom. The van der Waals surface area contributed by atoms with E-state index >= 15 is 0 Å². The summed E-state index contributed by atoms with van der Waals surface area (Å²) in [5.74, 6) is -0.0852. The Morgan fingerprint density at radius 3 is 2.57 bits per heavy atom. The van der Waals surface area contributed by atoms with E-state index in [2.05, 4.69) is 0 Å². The average molecular weight is 313 g/mol. The number of hydrogen-bond donors (Lipinski definition) is 1. The van der Waals surface area contributed by atoms with Crippen molar-refractivity contribution in [1.82, 2.24) is 0 Å². The minimum Gasteiger partial charge on any atom is -0.507 e. The molecule has 1 heterocycles. The van der Waals surface area contributed by atoms with Crippen LogP contribution < -0.4 is 9.47 Å². The summed E-state index contributed by atoms with van der Waals surface area (Å²) in [6.07, 6.45) is 1.46. The van der Waals surface area contributed by atoms with Crippen molar-refractivity contribution in [2.45, 2.75) is 0 Å². The van der Waals surface area contributed by atoms with Gasteiger partial charge in [-0.1, -0.05) is 0 Å². The molecule has 0 atom stereocenters. The van der Waals surface area contributed by atoms with E-state index in [1.807, 2.05) is 0 Å². The highest BCUT2D eigenvalue weighted by Crippen LogP contribution is 2.40. The molecule has 1 aliphatic rings. The average Bonchev–Trinajstić information content (AvgIpc) is 2.84. The van der Waals surface area contributed by atoms with Gasteiger partial charge in [0, 0.05) is 24.3 Å². The molecule has 1 N–H and O–H groups in total. The molecule has 2 aromatic rings. The highest BCUT2D eigenvalue weighted by molar-refractivity contribution is 6.16. The lowest BCUT2D eigenvalue weighted by molar-refractivity contribution is -0.384.